The lowest BCUT2D eigenvalue weighted by Gasteiger charge is -2.13. The average molecular weight is 378 g/mol. The number of hydrogen-bond donors (Lipinski definition) is 1. The van der Waals surface area contributed by atoms with Gasteiger partial charge in [0.05, 0.1) is 10.9 Å². The molecule has 0 amide bonds. The minimum Gasteiger partial charge on any atom is -0.451 e. The Balaban J connectivity index is 1.62. The van der Waals surface area contributed by atoms with E-state index in [1.807, 2.05) is 44.2 Å². The van der Waals surface area contributed by atoms with E-state index in [1.54, 1.807) is 19.1 Å². The van der Waals surface area contributed by atoms with Crippen LogP contribution in [0, 0.1) is 13.8 Å². The smallest absolute Gasteiger partial charge is 0.338 e. The number of aromatic nitrogens is 2. The standard InChI is InChI=1S/C21H18N2O3S/c1-11-13(3)27-20-17(11)19(24)22-18(23-20)12(2)26-21(25)16-9-8-14-6-4-5-7-15(14)10-16/h4-10,12H,1-3H3,(H,22,23,24)/t12-/m0/s1. The van der Waals surface area contributed by atoms with E-state index in [-0.39, 0.29) is 5.56 Å². The average Bonchev–Trinajstić information content (AvgIpc) is 2.95. The van der Waals surface area contributed by atoms with Gasteiger partial charge in [0.15, 0.2) is 11.9 Å². The number of benzene rings is 2. The fraction of sp³-hybridized carbons (Fsp3) is 0.190. The largest absolute Gasteiger partial charge is 0.451 e. The van der Waals surface area contributed by atoms with Gasteiger partial charge in [0.25, 0.3) is 5.56 Å². The molecule has 4 rings (SSSR count). The molecule has 0 aliphatic rings. The van der Waals surface area contributed by atoms with Crippen molar-refractivity contribution in [2.45, 2.75) is 26.9 Å². The molecule has 2 aromatic carbocycles. The molecule has 0 spiro atoms. The van der Waals surface area contributed by atoms with Crippen molar-refractivity contribution in [3.05, 3.63) is 74.6 Å². The van der Waals surface area contributed by atoms with Crippen molar-refractivity contribution < 1.29 is 9.53 Å². The van der Waals surface area contributed by atoms with Crippen LogP contribution in [0.5, 0.6) is 0 Å². The molecule has 6 heteroatoms. The highest BCUT2D eigenvalue weighted by molar-refractivity contribution is 7.18. The van der Waals surface area contributed by atoms with Gasteiger partial charge in [-0.15, -0.1) is 11.3 Å². The Kier molecular flexibility index (Phi) is 4.28. The second-order valence-electron chi connectivity index (χ2n) is 6.52. The van der Waals surface area contributed by atoms with E-state index in [2.05, 4.69) is 9.97 Å². The molecule has 5 nitrogen and oxygen atoms in total. The van der Waals surface area contributed by atoms with Crippen molar-refractivity contribution in [2.75, 3.05) is 0 Å². The van der Waals surface area contributed by atoms with Crippen LogP contribution < -0.4 is 5.56 Å². The van der Waals surface area contributed by atoms with E-state index >= 15 is 0 Å². The first-order chi connectivity index (χ1) is 12.9. The monoisotopic (exact) mass is 378 g/mol. The van der Waals surface area contributed by atoms with Gasteiger partial charge in [0, 0.05) is 4.88 Å². The van der Waals surface area contributed by atoms with Crippen molar-refractivity contribution in [1.82, 2.24) is 9.97 Å². The first kappa shape index (κ1) is 17.4. The predicted octanol–water partition coefficient (Wildman–Crippen LogP) is 4.67. The zero-order chi connectivity index (χ0) is 19.1. The Hall–Kier alpha value is -2.99. The minimum absolute atomic E-state index is 0.203. The molecule has 1 atom stereocenters. The number of aryl methyl sites for hydroxylation is 2. The van der Waals surface area contributed by atoms with Crippen LogP contribution in [0.25, 0.3) is 21.0 Å². The molecule has 1 N–H and O–H groups in total. The summed E-state index contributed by atoms with van der Waals surface area (Å²) < 4.78 is 5.55. The summed E-state index contributed by atoms with van der Waals surface area (Å²) >= 11 is 1.47. The maximum Gasteiger partial charge on any atom is 0.338 e. The summed E-state index contributed by atoms with van der Waals surface area (Å²) in [6.45, 7) is 5.58. The summed E-state index contributed by atoms with van der Waals surface area (Å²) in [5.41, 5.74) is 1.20. The summed E-state index contributed by atoms with van der Waals surface area (Å²) in [4.78, 5) is 33.9. The first-order valence-corrected chi connectivity index (χ1v) is 9.45. The highest BCUT2D eigenvalue weighted by Crippen LogP contribution is 2.27. The number of aromatic amines is 1. The van der Waals surface area contributed by atoms with Gasteiger partial charge in [-0.3, -0.25) is 4.79 Å². The lowest BCUT2D eigenvalue weighted by Crippen LogP contribution is -2.17. The van der Waals surface area contributed by atoms with Gasteiger partial charge in [-0.05, 0) is 49.2 Å². The second kappa shape index (κ2) is 6.63. The molecule has 0 aliphatic heterocycles. The predicted molar refractivity (Wildman–Crippen MR) is 107 cm³/mol. The molecule has 2 aromatic heterocycles. The van der Waals surface area contributed by atoms with Crippen LogP contribution in [-0.2, 0) is 4.74 Å². The van der Waals surface area contributed by atoms with Crippen LogP contribution in [0.1, 0.15) is 39.7 Å². The molecule has 0 radical (unpaired) electrons. The van der Waals surface area contributed by atoms with Crippen molar-refractivity contribution in [3.8, 4) is 0 Å². The molecule has 0 saturated carbocycles. The van der Waals surface area contributed by atoms with Crippen LogP contribution in [0.15, 0.2) is 47.3 Å². The minimum atomic E-state index is -0.663. The molecule has 0 saturated heterocycles. The number of carbonyl (C=O) groups is 1. The fourth-order valence-electron chi connectivity index (χ4n) is 3.06. The van der Waals surface area contributed by atoms with E-state index in [0.717, 1.165) is 21.2 Å². The Bertz CT molecular complexity index is 1240. The first-order valence-electron chi connectivity index (χ1n) is 8.63. The number of nitrogens with zero attached hydrogens (tertiary/aromatic N) is 1. The molecule has 27 heavy (non-hydrogen) atoms. The number of rotatable bonds is 3. The summed E-state index contributed by atoms with van der Waals surface area (Å²) in [5, 5.41) is 2.63. The number of ether oxygens (including phenoxy) is 1. The molecule has 0 aliphatic carbocycles. The normalized spacial score (nSPS) is 12.4. The van der Waals surface area contributed by atoms with E-state index in [0.29, 0.717) is 21.6 Å². The maximum atomic E-state index is 12.5. The highest BCUT2D eigenvalue weighted by atomic mass is 32.1. The van der Waals surface area contributed by atoms with Gasteiger partial charge < -0.3 is 9.72 Å². The van der Waals surface area contributed by atoms with Gasteiger partial charge in [-0.25, -0.2) is 9.78 Å². The number of H-pyrrole nitrogens is 1. The quantitative estimate of drug-likeness (QED) is 0.526. The SMILES string of the molecule is Cc1sc2nc([C@H](C)OC(=O)c3ccc4ccccc4c3)[nH]c(=O)c2c1C. The number of thiophene rings is 1. The topological polar surface area (TPSA) is 72.0 Å². The Morgan fingerprint density at radius 1 is 1.15 bits per heavy atom. The number of carbonyl (C=O) groups excluding carboxylic acids is 1. The molecule has 136 valence electrons. The van der Waals surface area contributed by atoms with Gasteiger partial charge >= 0.3 is 5.97 Å². The number of esters is 1. The Labute approximate surface area is 159 Å². The summed E-state index contributed by atoms with van der Waals surface area (Å²) in [7, 11) is 0. The molecule has 0 unspecified atom stereocenters. The van der Waals surface area contributed by atoms with E-state index in [4.69, 9.17) is 4.74 Å². The Morgan fingerprint density at radius 3 is 2.67 bits per heavy atom. The maximum absolute atomic E-state index is 12.5. The van der Waals surface area contributed by atoms with Crippen LogP contribution in [0.3, 0.4) is 0 Å². The number of hydrogen-bond acceptors (Lipinski definition) is 5. The van der Waals surface area contributed by atoms with E-state index < -0.39 is 12.1 Å². The molecular weight excluding hydrogens is 360 g/mol. The summed E-state index contributed by atoms with van der Waals surface area (Å²) in [6.07, 6.45) is -0.663. The van der Waals surface area contributed by atoms with Gasteiger partial charge in [0.1, 0.15) is 4.83 Å². The molecule has 2 heterocycles. The van der Waals surface area contributed by atoms with Crippen molar-refractivity contribution in [2.24, 2.45) is 0 Å². The van der Waals surface area contributed by atoms with Crippen LogP contribution in [-0.4, -0.2) is 15.9 Å². The number of fused-ring (bicyclic) bond motifs is 2. The zero-order valence-corrected chi connectivity index (χ0v) is 16.0. The fourth-order valence-corrected chi connectivity index (χ4v) is 4.10. The zero-order valence-electron chi connectivity index (χ0n) is 15.2. The van der Waals surface area contributed by atoms with Crippen molar-refractivity contribution >= 4 is 38.3 Å². The number of nitrogens with one attached hydrogen (secondary N) is 1. The molecule has 4 aromatic rings. The third-order valence-corrected chi connectivity index (χ3v) is 5.81. The summed E-state index contributed by atoms with van der Waals surface area (Å²) in [5.74, 6) is -0.0996. The van der Waals surface area contributed by atoms with Gasteiger partial charge in [-0.2, -0.15) is 0 Å². The second-order valence-corrected chi connectivity index (χ2v) is 7.73. The molecule has 0 bridgehead atoms. The van der Waals surface area contributed by atoms with Crippen LogP contribution in [0.4, 0.5) is 0 Å². The van der Waals surface area contributed by atoms with Crippen LogP contribution in [0.2, 0.25) is 0 Å². The highest BCUT2D eigenvalue weighted by Gasteiger charge is 2.19. The summed E-state index contributed by atoms with van der Waals surface area (Å²) in [6, 6.07) is 13.2. The van der Waals surface area contributed by atoms with Gasteiger partial charge in [-0.1, -0.05) is 30.3 Å². The Morgan fingerprint density at radius 2 is 1.89 bits per heavy atom. The van der Waals surface area contributed by atoms with Crippen molar-refractivity contribution in [1.29, 1.82) is 0 Å². The molecular formula is C21H18N2O3S. The van der Waals surface area contributed by atoms with Gasteiger partial charge in [0.2, 0.25) is 0 Å². The molecule has 0 fully saturated rings. The van der Waals surface area contributed by atoms with E-state index in [1.165, 1.54) is 11.3 Å². The lowest BCUT2D eigenvalue weighted by atomic mass is 10.1. The van der Waals surface area contributed by atoms with E-state index in [9.17, 15) is 9.59 Å². The third kappa shape index (κ3) is 3.13. The third-order valence-electron chi connectivity index (χ3n) is 4.71. The lowest BCUT2D eigenvalue weighted by molar-refractivity contribution is 0.0320. The van der Waals surface area contributed by atoms with Crippen molar-refractivity contribution in [3.63, 3.8) is 0 Å². The van der Waals surface area contributed by atoms with Crippen LogP contribution >= 0.6 is 11.3 Å².